The number of likely N-dealkylation sites (N-methyl/N-ethyl adjacent to an activating group) is 1. The Morgan fingerprint density at radius 2 is 1.76 bits per heavy atom. The zero-order valence-corrected chi connectivity index (χ0v) is 14.7. The summed E-state index contributed by atoms with van der Waals surface area (Å²) < 4.78 is 6.52. The molecule has 0 aliphatic carbocycles. The van der Waals surface area contributed by atoms with Crippen LogP contribution >= 0.6 is 0 Å². The Bertz CT molecular complexity index is 347. The third-order valence-electron chi connectivity index (χ3n) is 4.05. The third-order valence-corrected chi connectivity index (χ3v) is 4.05. The van der Waals surface area contributed by atoms with E-state index in [1.54, 1.807) is 12.2 Å². The SMILES string of the molecule is C/C=C\C(=C/C)C(=O)OCC[N+](CC)(CCC)CCCC. The highest BCUT2D eigenvalue weighted by Crippen LogP contribution is 2.11. The van der Waals surface area contributed by atoms with Crippen LogP contribution in [0.15, 0.2) is 23.8 Å². The first-order valence-corrected chi connectivity index (χ1v) is 8.40. The molecule has 122 valence electrons. The lowest BCUT2D eigenvalue weighted by Gasteiger charge is -2.37. The van der Waals surface area contributed by atoms with Crippen molar-refractivity contribution in [2.24, 2.45) is 0 Å². The molecule has 0 heterocycles. The Morgan fingerprint density at radius 3 is 2.24 bits per heavy atom. The number of unbranched alkanes of at least 4 members (excludes halogenated alkanes) is 1. The largest absolute Gasteiger partial charge is 0.456 e. The number of allylic oxidation sites excluding steroid dienone is 2. The highest BCUT2D eigenvalue weighted by molar-refractivity contribution is 5.91. The molecule has 0 fully saturated rings. The van der Waals surface area contributed by atoms with Crippen LogP contribution in [-0.2, 0) is 9.53 Å². The van der Waals surface area contributed by atoms with Gasteiger partial charge in [0, 0.05) is 0 Å². The quantitative estimate of drug-likeness (QED) is 0.248. The van der Waals surface area contributed by atoms with Crippen LogP contribution in [0.3, 0.4) is 0 Å². The van der Waals surface area contributed by atoms with Gasteiger partial charge in [-0.3, -0.25) is 0 Å². The van der Waals surface area contributed by atoms with Crippen molar-refractivity contribution in [3.63, 3.8) is 0 Å². The van der Waals surface area contributed by atoms with Gasteiger partial charge in [-0.15, -0.1) is 0 Å². The summed E-state index contributed by atoms with van der Waals surface area (Å²) in [6.45, 7) is 15.3. The number of ether oxygens (including phenoxy) is 1. The second-order valence-electron chi connectivity index (χ2n) is 5.56. The van der Waals surface area contributed by atoms with E-state index in [0.29, 0.717) is 12.2 Å². The number of quaternary nitrogens is 1. The average molecular weight is 296 g/mol. The molecule has 3 nitrogen and oxygen atoms in total. The molecule has 3 heteroatoms. The fraction of sp³-hybridized carbons (Fsp3) is 0.722. The van der Waals surface area contributed by atoms with Crippen molar-refractivity contribution in [2.45, 2.75) is 53.9 Å². The molecule has 0 bridgehead atoms. The van der Waals surface area contributed by atoms with Gasteiger partial charge in [-0.05, 0) is 33.6 Å². The fourth-order valence-electron chi connectivity index (χ4n) is 2.65. The van der Waals surface area contributed by atoms with E-state index in [1.165, 1.54) is 32.4 Å². The molecule has 1 atom stereocenters. The number of nitrogens with zero attached hydrogens (tertiary/aromatic N) is 1. The minimum atomic E-state index is -0.211. The van der Waals surface area contributed by atoms with E-state index in [2.05, 4.69) is 20.8 Å². The molecule has 0 N–H and O–H groups in total. The Kier molecular flexibility index (Phi) is 11.0. The smallest absolute Gasteiger partial charge is 0.337 e. The Morgan fingerprint density at radius 1 is 1.05 bits per heavy atom. The van der Waals surface area contributed by atoms with Gasteiger partial charge in [-0.1, -0.05) is 38.5 Å². The van der Waals surface area contributed by atoms with E-state index in [0.717, 1.165) is 17.6 Å². The number of carbonyl (C=O) groups excluding carboxylic acids is 1. The van der Waals surface area contributed by atoms with Crippen molar-refractivity contribution in [1.82, 2.24) is 0 Å². The maximum Gasteiger partial charge on any atom is 0.337 e. The number of hydrogen-bond acceptors (Lipinski definition) is 2. The lowest BCUT2D eigenvalue weighted by Crippen LogP contribution is -2.51. The average Bonchev–Trinajstić information content (AvgIpc) is 2.50. The summed E-state index contributed by atoms with van der Waals surface area (Å²) in [5, 5.41) is 0. The zero-order chi connectivity index (χ0) is 16.1. The van der Waals surface area contributed by atoms with Gasteiger partial charge < -0.3 is 9.22 Å². The van der Waals surface area contributed by atoms with Crippen molar-refractivity contribution in [1.29, 1.82) is 0 Å². The summed E-state index contributed by atoms with van der Waals surface area (Å²) in [7, 11) is 0. The molecule has 0 saturated carbocycles. The van der Waals surface area contributed by atoms with Crippen LogP contribution in [0.2, 0.25) is 0 Å². The highest BCUT2D eigenvalue weighted by atomic mass is 16.5. The van der Waals surface area contributed by atoms with Gasteiger partial charge in [0.05, 0.1) is 25.2 Å². The third kappa shape index (κ3) is 7.47. The van der Waals surface area contributed by atoms with Crippen molar-refractivity contribution in [2.75, 3.05) is 32.8 Å². The lowest BCUT2D eigenvalue weighted by atomic mass is 10.2. The molecule has 21 heavy (non-hydrogen) atoms. The van der Waals surface area contributed by atoms with Gasteiger partial charge in [0.1, 0.15) is 13.2 Å². The highest BCUT2D eigenvalue weighted by Gasteiger charge is 2.24. The molecule has 0 aliphatic rings. The predicted octanol–water partition coefficient (Wildman–Crippen LogP) is 4.10. The van der Waals surface area contributed by atoms with E-state index in [-0.39, 0.29) is 5.97 Å². The van der Waals surface area contributed by atoms with Crippen molar-refractivity contribution < 1.29 is 14.0 Å². The minimum Gasteiger partial charge on any atom is -0.456 e. The van der Waals surface area contributed by atoms with Gasteiger partial charge in [-0.2, -0.15) is 0 Å². The van der Waals surface area contributed by atoms with Crippen LogP contribution in [0.5, 0.6) is 0 Å². The Labute approximate surface area is 131 Å². The molecule has 0 radical (unpaired) electrons. The summed E-state index contributed by atoms with van der Waals surface area (Å²) >= 11 is 0. The molecular formula is C18H34NO2+. The van der Waals surface area contributed by atoms with Crippen LogP contribution in [0.1, 0.15) is 53.9 Å². The van der Waals surface area contributed by atoms with Crippen molar-refractivity contribution in [3.8, 4) is 0 Å². The molecule has 0 aromatic rings. The summed E-state index contributed by atoms with van der Waals surface area (Å²) in [5.41, 5.74) is 0.635. The zero-order valence-electron chi connectivity index (χ0n) is 14.7. The maximum absolute atomic E-state index is 12.0. The van der Waals surface area contributed by atoms with E-state index >= 15 is 0 Å². The summed E-state index contributed by atoms with van der Waals surface area (Å²) in [6.07, 6.45) is 9.08. The predicted molar refractivity (Wildman–Crippen MR) is 90.1 cm³/mol. The maximum atomic E-state index is 12.0. The number of esters is 1. The van der Waals surface area contributed by atoms with Gasteiger partial charge in [0.25, 0.3) is 0 Å². The van der Waals surface area contributed by atoms with E-state index in [9.17, 15) is 4.79 Å². The monoisotopic (exact) mass is 296 g/mol. The number of carbonyl (C=O) groups is 1. The van der Waals surface area contributed by atoms with Crippen LogP contribution in [0, 0.1) is 0 Å². The van der Waals surface area contributed by atoms with Crippen LogP contribution in [-0.4, -0.2) is 43.2 Å². The second kappa shape index (κ2) is 11.6. The summed E-state index contributed by atoms with van der Waals surface area (Å²) in [5.74, 6) is -0.211. The normalized spacial score (nSPS) is 15.2. The molecule has 0 aromatic heterocycles. The van der Waals surface area contributed by atoms with E-state index in [1.807, 2.05) is 19.9 Å². The van der Waals surface area contributed by atoms with E-state index < -0.39 is 0 Å². The standard InChI is InChI=1S/C18H34NO2/c1-6-11-14-19(10-5,13-8-3)15-16-21-18(20)17(9-4)12-7-2/h7,9,12H,6,8,10-11,13-16H2,1-5H3/q+1/b12-7-,17-9+. The second-order valence-corrected chi connectivity index (χ2v) is 5.56. The minimum absolute atomic E-state index is 0.211. The molecular weight excluding hydrogens is 262 g/mol. The Hall–Kier alpha value is -1.09. The molecule has 0 rings (SSSR count). The lowest BCUT2D eigenvalue weighted by molar-refractivity contribution is -0.926. The molecule has 0 amide bonds. The molecule has 0 aliphatic heterocycles. The van der Waals surface area contributed by atoms with Crippen LogP contribution in [0.25, 0.3) is 0 Å². The molecule has 0 spiro atoms. The van der Waals surface area contributed by atoms with Crippen LogP contribution in [0.4, 0.5) is 0 Å². The molecule has 1 unspecified atom stereocenters. The number of rotatable bonds is 11. The van der Waals surface area contributed by atoms with Gasteiger partial charge >= 0.3 is 5.97 Å². The van der Waals surface area contributed by atoms with Gasteiger partial charge in [0.15, 0.2) is 0 Å². The van der Waals surface area contributed by atoms with Crippen LogP contribution < -0.4 is 0 Å². The molecule has 0 saturated heterocycles. The molecule has 0 aromatic carbocycles. The topological polar surface area (TPSA) is 26.3 Å². The summed E-state index contributed by atoms with van der Waals surface area (Å²) in [6, 6.07) is 0. The first kappa shape index (κ1) is 19.9. The van der Waals surface area contributed by atoms with E-state index in [4.69, 9.17) is 4.74 Å². The Balaban J connectivity index is 4.51. The fourth-order valence-corrected chi connectivity index (χ4v) is 2.65. The van der Waals surface area contributed by atoms with Crippen molar-refractivity contribution in [3.05, 3.63) is 23.8 Å². The number of hydrogen-bond donors (Lipinski definition) is 0. The summed E-state index contributed by atoms with van der Waals surface area (Å²) in [4.78, 5) is 12.0. The van der Waals surface area contributed by atoms with Gasteiger partial charge in [-0.25, -0.2) is 4.79 Å². The first-order valence-electron chi connectivity index (χ1n) is 8.40. The van der Waals surface area contributed by atoms with Gasteiger partial charge in [0.2, 0.25) is 0 Å². The first-order chi connectivity index (χ1) is 10.1. The van der Waals surface area contributed by atoms with Crippen molar-refractivity contribution >= 4 is 5.97 Å².